The van der Waals surface area contributed by atoms with E-state index in [0.29, 0.717) is 10.0 Å². The Kier molecular flexibility index (Phi) is 3.61. The monoisotopic (exact) mass is 249 g/mol. The van der Waals surface area contributed by atoms with E-state index in [4.69, 9.17) is 5.26 Å². The van der Waals surface area contributed by atoms with Gasteiger partial charge in [0.25, 0.3) is 0 Å². The normalized spacial score (nSPS) is 10.8. The lowest BCUT2D eigenvalue weighted by Gasteiger charge is -1.95. The van der Waals surface area contributed by atoms with Crippen LogP contribution >= 0.6 is 15.9 Å². The van der Waals surface area contributed by atoms with Gasteiger partial charge in [-0.2, -0.15) is 5.26 Å². The predicted molar refractivity (Wildman–Crippen MR) is 58.7 cm³/mol. The molecule has 0 aliphatic rings. The summed E-state index contributed by atoms with van der Waals surface area (Å²) < 4.78 is 0.530. The number of allylic oxidation sites excluding steroid dienone is 1. The number of halogens is 1. The van der Waals surface area contributed by atoms with E-state index in [-0.39, 0.29) is 5.78 Å². The molecular formula is C11H8BrNO. The number of Topliss-reactive ketones (excluding diaryl/α,β-unsaturated/α-hetero) is 1. The number of carbonyl (C=O) groups is 1. The first kappa shape index (κ1) is 10.7. The fourth-order valence-corrected chi connectivity index (χ4v) is 1.17. The highest BCUT2D eigenvalue weighted by Gasteiger charge is 1.98. The molecule has 70 valence electrons. The lowest BCUT2D eigenvalue weighted by atomic mass is 10.1. The molecule has 0 fully saturated rings. The van der Waals surface area contributed by atoms with Crippen LogP contribution in [-0.4, -0.2) is 5.78 Å². The van der Waals surface area contributed by atoms with Crippen molar-refractivity contribution in [2.24, 2.45) is 0 Å². The van der Waals surface area contributed by atoms with Crippen molar-refractivity contribution in [1.29, 1.82) is 5.26 Å². The largest absolute Gasteiger partial charge is 0.294 e. The molecule has 2 nitrogen and oxygen atoms in total. The van der Waals surface area contributed by atoms with Crippen LogP contribution in [0.3, 0.4) is 0 Å². The number of hydrogen-bond donors (Lipinski definition) is 0. The summed E-state index contributed by atoms with van der Waals surface area (Å²) in [5.74, 6) is -0.0191. The molecule has 0 atom stereocenters. The molecule has 0 spiro atoms. The Morgan fingerprint density at radius 2 is 2.00 bits per heavy atom. The third kappa shape index (κ3) is 2.82. The molecule has 3 heteroatoms. The van der Waals surface area contributed by atoms with E-state index in [1.54, 1.807) is 30.3 Å². The number of nitriles is 1. The molecule has 1 aromatic carbocycles. The number of ketones is 1. The van der Waals surface area contributed by atoms with Crippen LogP contribution in [0.25, 0.3) is 6.08 Å². The van der Waals surface area contributed by atoms with Crippen molar-refractivity contribution in [2.45, 2.75) is 6.92 Å². The Hall–Kier alpha value is -1.40. The average Bonchev–Trinajstić information content (AvgIpc) is 2.19. The van der Waals surface area contributed by atoms with Crippen molar-refractivity contribution in [3.63, 3.8) is 0 Å². The van der Waals surface area contributed by atoms with Gasteiger partial charge in [-0.15, -0.1) is 0 Å². The minimum absolute atomic E-state index is 0.0191. The first-order valence-corrected chi connectivity index (χ1v) is 4.81. The molecule has 0 bridgehead atoms. The molecule has 0 saturated carbocycles. The van der Waals surface area contributed by atoms with Gasteiger partial charge in [-0.05, 0) is 46.6 Å². The zero-order chi connectivity index (χ0) is 10.6. The van der Waals surface area contributed by atoms with Gasteiger partial charge in [-0.25, -0.2) is 0 Å². The van der Waals surface area contributed by atoms with Gasteiger partial charge in [0.15, 0.2) is 5.78 Å². The summed E-state index contributed by atoms with van der Waals surface area (Å²) >= 11 is 3.16. The fourth-order valence-electron chi connectivity index (χ4n) is 0.902. The van der Waals surface area contributed by atoms with E-state index >= 15 is 0 Å². The van der Waals surface area contributed by atoms with Crippen molar-refractivity contribution in [3.8, 4) is 6.07 Å². The van der Waals surface area contributed by atoms with Crippen molar-refractivity contribution >= 4 is 27.8 Å². The quantitative estimate of drug-likeness (QED) is 0.757. The third-order valence-corrected chi connectivity index (χ3v) is 2.46. The lowest BCUT2D eigenvalue weighted by molar-refractivity contribution is -0.112. The van der Waals surface area contributed by atoms with Gasteiger partial charge in [0, 0.05) is 0 Å². The summed E-state index contributed by atoms with van der Waals surface area (Å²) in [7, 11) is 0. The van der Waals surface area contributed by atoms with E-state index < -0.39 is 0 Å². The van der Waals surface area contributed by atoms with Crippen LogP contribution in [0.15, 0.2) is 28.7 Å². The molecule has 0 saturated heterocycles. The van der Waals surface area contributed by atoms with Crippen LogP contribution in [0.2, 0.25) is 0 Å². The first-order chi connectivity index (χ1) is 6.63. The fraction of sp³-hybridized carbons (Fsp3) is 0.0909. The molecular weight excluding hydrogens is 242 g/mol. The Bertz CT molecular complexity index is 412. The van der Waals surface area contributed by atoms with Crippen molar-refractivity contribution in [3.05, 3.63) is 39.9 Å². The van der Waals surface area contributed by atoms with Gasteiger partial charge < -0.3 is 0 Å². The highest BCUT2D eigenvalue weighted by Crippen LogP contribution is 2.13. The van der Waals surface area contributed by atoms with Crippen molar-refractivity contribution in [2.75, 3.05) is 0 Å². The zero-order valence-electron chi connectivity index (χ0n) is 7.62. The number of carbonyl (C=O) groups excluding carboxylic acids is 1. The molecule has 0 radical (unpaired) electrons. The maximum Gasteiger partial charge on any atom is 0.166 e. The van der Waals surface area contributed by atoms with Crippen molar-refractivity contribution < 1.29 is 4.79 Å². The summed E-state index contributed by atoms with van der Waals surface area (Å²) in [6.45, 7) is 1.49. The summed E-state index contributed by atoms with van der Waals surface area (Å²) in [6.07, 6.45) is 1.73. The molecule has 1 rings (SSSR count). The summed E-state index contributed by atoms with van der Waals surface area (Å²) in [5.41, 5.74) is 1.51. The topological polar surface area (TPSA) is 40.9 Å². The SMILES string of the molecule is CC(=O)/C(Br)=C\c1ccc(C#N)cc1. The summed E-state index contributed by atoms with van der Waals surface area (Å²) in [5, 5.41) is 8.57. The predicted octanol–water partition coefficient (Wildman–Crippen LogP) is 2.88. The second kappa shape index (κ2) is 4.73. The molecule has 0 amide bonds. The Morgan fingerprint density at radius 1 is 1.43 bits per heavy atom. The van der Waals surface area contributed by atoms with E-state index in [9.17, 15) is 4.79 Å². The van der Waals surface area contributed by atoms with Crippen LogP contribution in [0, 0.1) is 11.3 Å². The zero-order valence-corrected chi connectivity index (χ0v) is 9.21. The second-order valence-electron chi connectivity index (χ2n) is 2.78. The highest BCUT2D eigenvalue weighted by molar-refractivity contribution is 9.12. The first-order valence-electron chi connectivity index (χ1n) is 4.02. The van der Waals surface area contributed by atoms with Gasteiger partial charge in [0.2, 0.25) is 0 Å². The van der Waals surface area contributed by atoms with Gasteiger partial charge in [0.1, 0.15) is 0 Å². The van der Waals surface area contributed by atoms with Crippen LogP contribution in [-0.2, 0) is 4.79 Å². The van der Waals surface area contributed by atoms with E-state index in [0.717, 1.165) is 5.56 Å². The van der Waals surface area contributed by atoms with Gasteiger partial charge in [-0.1, -0.05) is 12.1 Å². The van der Waals surface area contributed by atoms with Gasteiger partial charge in [0.05, 0.1) is 16.1 Å². The molecule has 0 unspecified atom stereocenters. The van der Waals surface area contributed by atoms with E-state index in [1.807, 2.05) is 6.07 Å². The molecule has 0 heterocycles. The van der Waals surface area contributed by atoms with E-state index in [1.165, 1.54) is 6.92 Å². The maximum absolute atomic E-state index is 10.9. The van der Waals surface area contributed by atoms with Crippen LogP contribution in [0.5, 0.6) is 0 Å². The van der Waals surface area contributed by atoms with Crippen LogP contribution < -0.4 is 0 Å². The number of rotatable bonds is 2. The third-order valence-electron chi connectivity index (χ3n) is 1.67. The summed E-state index contributed by atoms with van der Waals surface area (Å²) in [6, 6.07) is 9.05. The Morgan fingerprint density at radius 3 is 2.43 bits per heavy atom. The average molecular weight is 250 g/mol. The minimum atomic E-state index is -0.0191. The Labute approximate surface area is 91.0 Å². The molecule has 14 heavy (non-hydrogen) atoms. The standard InChI is InChI=1S/C11H8BrNO/c1-8(14)11(12)6-9-2-4-10(7-13)5-3-9/h2-6H,1H3/b11-6+. The van der Waals surface area contributed by atoms with E-state index in [2.05, 4.69) is 15.9 Å². The lowest BCUT2D eigenvalue weighted by Crippen LogP contribution is -1.87. The van der Waals surface area contributed by atoms with Crippen LogP contribution in [0.4, 0.5) is 0 Å². The Balaban J connectivity index is 2.95. The minimum Gasteiger partial charge on any atom is -0.294 e. The summed E-state index contributed by atoms with van der Waals surface area (Å²) in [4.78, 5) is 10.9. The van der Waals surface area contributed by atoms with Crippen molar-refractivity contribution in [1.82, 2.24) is 0 Å². The molecule has 0 aliphatic heterocycles. The molecule has 0 N–H and O–H groups in total. The second-order valence-corrected chi connectivity index (χ2v) is 3.64. The molecule has 1 aromatic rings. The van der Waals surface area contributed by atoms with Crippen LogP contribution in [0.1, 0.15) is 18.1 Å². The number of nitrogens with zero attached hydrogens (tertiary/aromatic N) is 1. The maximum atomic E-state index is 10.9. The van der Waals surface area contributed by atoms with Gasteiger partial charge >= 0.3 is 0 Å². The van der Waals surface area contributed by atoms with Gasteiger partial charge in [-0.3, -0.25) is 4.79 Å². The number of hydrogen-bond acceptors (Lipinski definition) is 2. The smallest absolute Gasteiger partial charge is 0.166 e. The number of benzene rings is 1. The molecule has 0 aliphatic carbocycles. The highest BCUT2D eigenvalue weighted by atomic mass is 79.9. The molecule has 0 aromatic heterocycles.